The van der Waals surface area contributed by atoms with Crippen molar-refractivity contribution in [2.75, 3.05) is 26.8 Å². The number of carbonyl (C=O) groups is 1. The highest BCUT2D eigenvalue weighted by molar-refractivity contribution is 5.77. The molecular weight excluding hydrogens is 244 g/mol. The average Bonchev–Trinajstić information content (AvgIpc) is 2.39. The third-order valence-corrected chi connectivity index (χ3v) is 2.45. The quantitative estimate of drug-likeness (QED) is 0.745. The highest BCUT2D eigenvalue weighted by Gasteiger charge is 2.12. The van der Waals surface area contributed by atoms with Gasteiger partial charge in [-0.15, -0.1) is 0 Å². The van der Waals surface area contributed by atoms with E-state index in [9.17, 15) is 4.79 Å². The number of hydrogen-bond donors (Lipinski definition) is 2. The molecule has 0 aliphatic rings. The molecule has 0 saturated carbocycles. The summed E-state index contributed by atoms with van der Waals surface area (Å²) in [4.78, 5) is 11.5. The summed E-state index contributed by atoms with van der Waals surface area (Å²) in [6.07, 6.45) is 0. The molecule has 1 amide bonds. The molecule has 5 nitrogen and oxygen atoms in total. The van der Waals surface area contributed by atoms with Gasteiger partial charge in [0.25, 0.3) is 5.91 Å². The average molecular weight is 266 g/mol. The molecule has 1 rings (SSSR count). The second-order valence-electron chi connectivity index (χ2n) is 3.95. The standard InChI is InChI=1S/C14H22N2O3/c1-4-16-13(17)10-19-14-11(9-15-3)7-6-8-12(14)18-5-2/h6-8,15H,4-5,9-10H2,1-3H3,(H,16,17). The number of rotatable bonds is 8. The summed E-state index contributed by atoms with van der Waals surface area (Å²) < 4.78 is 11.1. The number of benzene rings is 1. The number of hydrogen-bond acceptors (Lipinski definition) is 4. The molecule has 19 heavy (non-hydrogen) atoms. The SMILES string of the molecule is CCNC(=O)COc1c(CNC)cccc1OCC. The van der Waals surface area contributed by atoms with Crippen LogP contribution in [0.25, 0.3) is 0 Å². The van der Waals surface area contributed by atoms with E-state index in [1.165, 1.54) is 0 Å². The Morgan fingerprint density at radius 1 is 1.26 bits per heavy atom. The van der Waals surface area contributed by atoms with E-state index in [0.717, 1.165) is 5.56 Å². The maximum absolute atomic E-state index is 11.5. The summed E-state index contributed by atoms with van der Waals surface area (Å²) in [6.45, 7) is 5.59. The second-order valence-corrected chi connectivity index (χ2v) is 3.95. The largest absolute Gasteiger partial charge is 0.490 e. The van der Waals surface area contributed by atoms with Crippen LogP contribution in [0.2, 0.25) is 0 Å². The van der Waals surface area contributed by atoms with Crippen molar-refractivity contribution in [1.82, 2.24) is 10.6 Å². The summed E-state index contributed by atoms with van der Waals surface area (Å²) in [5.74, 6) is 1.16. The summed E-state index contributed by atoms with van der Waals surface area (Å²) >= 11 is 0. The number of ether oxygens (including phenoxy) is 2. The molecule has 0 bridgehead atoms. The van der Waals surface area contributed by atoms with Crippen LogP contribution < -0.4 is 20.1 Å². The Hall–Kier alpha value is -1.75. The zero-order valence-corrected chi connectivity index (χ0v) is 11.8. The molecule has 0 atom stereocenters. The van der Waals surface area contributed by atoms with Crippen LogP contribution in [0.4, 0.5) is 0 Å². The van der Waals surface area contributed by atoms with E-state index in [1.54, 1.807) is 0 Å². The highest BCUT2D eigenvalue weighted by Crippen LogP contribution is 2.31. The topological polar surface area (TPSA) is 59.6 Å². The first-order chi connectivity index (χ1) is 9.22. The molecule has 0 saturated heterocycles. The van der Waals surface area contributed by atoms with Crippen LogP contribution in [0.15, 0.2) is 18.2 Å². The van der Waals surface area contributed by atoms with E-state index in [4.69, 9.17) is 9.47 Å². The molecule has 0 aliphatic carbocycles. The Bertz CT molecular complexity index is 383. The maximum Gasteiger partial charge on any atom is 0.257 e. The zero-order chi connectivity index (χ0) is 14.1. The third-order valence-electron chi connectivity index (χ3n) is 2.45. The first-order valence-corrected chi connectivity index (χ1v) is 6.51. The van der Waals surface area contributed by atoms with Crippen molar-refractivity contribution in [3.05, 3.63) is 23.8 Å². The Labute approximate surface area is 114 Å². The monoisotopic (exact) mass is 266 g/mol. The lowest BCUT2D eigenvalue weighted by Gasteiger charge is -2.15. The molecule has 5 heteroatoms. The van der Waals surface area contributed by atoms with Gasteiger partial charge in [-0.25, -0.2) is 0 Å². The van der Waals surface area contributed by atoms with Gasteiger partial charge in [0.2, 0.25) is 0 Å². The van der Waals surface area contributed by atoms with Gasteiger partial charge in [0.15, 0.2) is 18.1 Å². The van der Waals surface area contributed by atoms with Gasteiger partial charge in [-0.05, 0) is 27.0 Å². The first-order valence-electron chi connectivity index (χ1n) is 6.51. The number of likely N-dealkylation sites (N-methyl/N-ethyl adjacent to an activating group) is 1. The van der Waals surface area contributed by atoms with E-state index in [0.29, 0.717) is 31.2 Å². The minimum Gasteiger partial charge on any atom is -0.490 e. The van der Waals surface area contributed by atoms with Crippen LogP contribution in [0.3, 0.4) is 0 Å². The molecule has 0 aliphatic heterocycles. The van der Waals surface area contributed by atoms with Gasteiger partial charge in [-0.2, -0.15) is 0 Å². The van der Waals surface area contributed by atoms with Crippen LogP contribution in [-0.4, -0.2) is 32.7 Å². The van der Waals surface area contributed by atoms with Gasteiger partial charge in [-0.3, -0.25) is 4.79 Å². The van der Waals surface area contributed by atoms with Crippen molar-refractivity contribution in [3.63, 3.8) is 0 Å². The first kappa shape index (κ1) is 15.3. The van der Waals surface area contributed by atoms with Crippen molar-refractivity contribution in [2.45, 2.75) is 20.4 Å². The van der Waals surface area contributed by atoms with Crippen LogP contribution in [0.1, 0.15) is 19.4 Å². The number of amides is 1. The van der Waals surface area contributed by atoms with Crippen LogP contribution in [-0.2, 0) is 11.3 Å². The lowest BCUT2D eigenvalue weighted by Crippen LogP contribution is -2.28. The third kappa shape index (κ3) is 4.79. The number of para-hydroxylation sites is 1. The Kier molecular flexibility index (Phi) is 6.74. The molecular formula is C14H22N2O3. The summed E-state index contributed by atoms with van der Waals surface area (Å²) in [6, 6.07) is 5.71. The second kappa shape index (κ2) is 8.37. The van der Waals surface area contributed by atoms with Gasteiger partial charge in [0.1, 0.15) is 0 Å². The van der Waals surface area contributed by atoms with Gasteiger partial charge in [-0.1, -0.05) is 12.1 Å². The number of nitrogens with one attached hydrogen (secondary N) is 2. The fourth-order valence-electron chi connectivity index (χ4n) is 1.71. The summed E-state index contributed by atoms with van der Waals surface area (Å²) in [5, 5.41) is 5.77. The van der Waals surface area contributed by atoms with Crippen molar-refractivity contribution in [1.29, 1.82) is 0 Å². The van der Waals surface area contributed by atoms with Crippen LogP contribution >= 0.6 is 0 Å². The minimum absolute atomic E-state index is 0.00532. The molecule has 1 aromatic rings. The molecule has 0 aromatic heterocycles. The minimum atomic E-state index is -0.135. The van der Waals surface area contributed by atoms with Crippen molar-refractivity contribution in [2.24, 2.45) is 0 Å². The van der Waals surface area contributed by atoms with Gasteiger partial charge >= 0.3 is 0 Å². The molecule has 0 fully saturated rings. The molecule has 2 N–H and O–H groups in total. The highest BCUT2D eigenvalue weighted by atomic mass is 16.5. The van der Waals surface area contributed by atoms with E-state index in [2.05, 4.69) is 10.6 Å². The smallest absolute Gasteiger partial charge is 0.257 e. The predicted octanol–water partition coefficient (Wildman–Crippen LogP) is 1.32. The molecule has 0 unspecified atom stereocenters. The molecule has 0 radical (unpaired) electrons. The summed E-state index contributed by atoms with van der Waals surface area (Å²) in [7, 11) is 1.86. The zero-order valence-electron chi connectivity index (χ0n) is 11.8. The normalized spacial score (nSPS) is 10.1. The van der Waals surface area contributed by atoms with Gasteiger partial charge in [0, 0.05) is 18.7 Å². The van der Waals surface area contributed by atoms with E-state index in [-0.39, 0.29) is 12.5 Å². The van der Waals surface area contributed by atoms with Crippen molar-refractivity contribution >= 4 is 5.91 Å². The summed E-state index contributed by atoms with van der Waals surface area (Å²) in [5.41, 5.74) is 0.970. The lowest BCUT2D eigenvalue weighted by molar-refractivity contribution is -0.123. The predicted molar refractivity (Wildman–Crippen MR) is 74.6 cm³/mol. The van der Waals surface area contributed by atoms with E-state index >= 15 is 0 Å². The van der Waals surface area contributed by atoms with Gasteiger partial charge < -0.3 is 20.1 Å². The van der Waals surface area contributed by atoms with Gasteiger partial charge in [0.05, 0.1) is 6.61 Å². The fourth-order valence-corrected chi connectivity index (χ4v) is 1.71. The van der Waals surface area contributed by atoms with E-state index in [1.807, 2.05) is 39.1 Å². The van der Waals surface area contributed by atoms with Crippen LogP contribution in [0, 0.1) is 0 Å². The van der Waals surface area contributed by atoms with Crippen LogP contribution in [0.5, 0.6) is 11.5 Å². The molecule has 0 spiro atoms. The Morgan fingerprint density at radius 3 is 2.68 bits per heavy atom. The molecule has 106 valence electrons. The van der Waals surface area contributed by atoms with Crippen molar-refractivity contribution < 1.29 is 14.3 Å². The molecule has 1 aromatic carbocycles. The van der Waals surface area contributed by atoms with Crippen molar-refractivity contribution in [3.8, 4) is 11.5 Å². The lowest BCUT2D eigenvalue weighted by atomic mass is 10.2. The fraction of sp³-hybridized carbons (Fsp3) is 0.500. The maximum atomic E-state index is 11.5. The molecule has 0 heterocycles. The number of carbonyl (C=O) groups excluding carboxylic acids is 1. The Balaban J connectivity index is 2.83. The Morgan fingerprint density at radius 2 is 2.05 bits per heavy atom. The van der Waals surface area contributed by atoms with E-state index < -0.39 is 0 Å².